The van der Waals surface area contributed by atoms with Crippen LogP contribution in [0.25, 0.3) is 0 Å². The van der Waals surface area contributed by atoms with Crippen molar-refractivity contribution in [2.75, 3.05) is 0 Å². The van der Waals surface area contributed by atoms with Gasteiger partial charge in [0.05, 0.1) is 0 Å². The SMILES string of the molecule is C=O.[O]=[Cr](=[O])([OH])[OH]. The first-order valence-corrected chi connectivity index (χ1v) is 3.17. The van der Waals surface area contributed by atoms with E-state index in [9.17, 15) is 0 Å². The quantitative estimate of drug-likeness (QED) is 0.434. The zero-order valence-electron chi connectivity index (χ0n) is 3.23. The van der Waals surface area contributed by atoms with Crippen molar-refractivity contribution in [3.05, 3.63) is 0 Å². The van der Waals surface area contributed by atoms with Crippen molar-refractivity contribution in [1.29, 1.82) is 0 Å². The van der Waals surface area contributed by atoms with Crippen molar-refractivity contribution in [3.8, 4) is 0 Å². The van der Waals surface area contributed by atoms with E-state index in [4.69, 9.17) is 20.7 Å². The molecule has 0 aromatic carbocycles. The molecule has 0 saturated carbocycles. The first-order chi connectivity index (χ1) is 3.00. The van der Waals surface area contributed by atoms with Gasteiger partial charge < -0.3 is 4.79 Å². The molecule has 0 aliphatic heterocycles. The molecule has 6 heteroatoms. The number of carbonyl (C=O) groups is 1. The summed E-state index contributed by atoms with van der Waals surface area (Å²) in [5.41, 5.74) is 0. The molecular formula is CH4CrO5. The molecule has 0 spiro atoms. The molecule has 0 aromatic heterocycles. The van der Waals surface area contributed by atoms with Gasteiger partial charge in [0.15, 0.2) is 0 Å². The third kappa shape index (κ3) is 1030. The van der Waals surface area contributed by atoms with E-state index >= 15 is 0 Å². The van der Waals surface area contributed by atoms with Crippen molar-refractivity contribution in [2.24, 2.45) is 0 Å². The van der Waals surface area contributed by atoms with Crippen molar-refractivity contribution in [1.82, 2.24) is 0 Å². The number of hydrogen-bond donors (Lipinski definition) is 2. The Balaban J connectivity index is 0. The second-order valence-corrected chi connectivity index (χ2v) is 1.85. The summed E-state index contributed by atoms with van der Waals surface area (Å²) in [6.07, 6.45) is 0. The fraction of sp³-hybridized carbons (Fsp3) is 0. The van der Waals surface area contributed by atoms with Gasteiger partial charge in [-0.15, -0.1) is 0 Å². The summed E-state index contributed by atoms with van der Waals surface area (Å²) < 4.78 is 31.9. The summed E-state index contributed by atoms with van der Waals surface area (Å²) in [7, 11) is 0. The van der Waals surface area contributed by atoms with Crippen LogP contribution in [0.1, 0.15) is 0 Å². The van der Waals surface area contributed by atoms with Gasteiger partial charge in [0.2, 0.25) is 0 Å². The topological polar surface area (TPSA) is 91.7 Å². The third-order valence-corrected chi connectivity index (χ3v) is 0. The standard InChI is InChI=1S/CH2O.Cr.2H2O.2O/c1-2;;;;;/h1H2;;2*1H2;;/q;+2;;;;/p-2. The Morgan fingerprint density at radius 2 is 1.14 bits per heavy atom. The first-order valence-electron chi connectivity index (χ1n) is 0.987. The maximum atomic E-state index is 8.82. The van der Waals surface area contributed by atoms with Crippen molar-refractivity contribution in [2.45, 2.75) is 0 Å². The molecule has 0 radical (unpaired) electrons. The van der Waals surface area contributed by atoms with E-state index in [1.807, 2.05) is 6.79 Å². The molecule has 0 amide bonds. The molecule has 0 fully saturated rings. The molecule has 0 aliphatic carbocycles. The van der Waals surface area contributed by atoms with Crippen molar-refractivity contribution < 1.29 is 34.3 Å². The summed E-state index contributed by atoms with van der Waals surface area (Å²) in [4.78, 5) is 8.00. The molecule has 2 N–H and O–H groups in total. The Morgan fingerprint density at radius 1 is 1.14 bits per heavy atom. The Labute approximate surface area is 42.0 Å². The molecule has 0 saturated heterocycles. The summed E-state index contributed by atoms with van der Waals surface area (Å²) in [5.74, 6) is 0. The number of rotatable bonds is 0. The van der Waals surface area contributed by atoms with Crippen LogP contribution in [0.4, 0.5) is 0 Å². The molecule has 0 aromatic rings. The molecule has 0 aliphatic rings. The minimum absolute atomic E-state index is 2.00. The van der Waals surface area contributed by atoms with Crippen LogP contribution in [-0.2, 0) is 26.0 Å². The molecule has 7 heavy (non-hydrogen) atoms. The van der Waals surface area contributed by atoms with Crippen LogP contribution < -0.4 is 0 Å². The van der Waals surface area contributed by atoms with Crippen LogP contribution in [0.3, 0.4) is 0 Å². The molecule has 0 unspecified atom stereocenters. The number of hydrogen-bond acceptors (Lipinski definition) is 3. The first kappa shape index (κ1) is 9.87. The van der Waals surface area contributed by atoms with Gasteiger partial charge >= 0.3 is 29.5 Å². The van der Waals surface area contributed by atoms with Crippen LogP contribution in [0.15, 0.2) is 0 Å². The van der Waals surface area contributed by atoms with Gasteiger partial charge in [-0.2, -0.15) is 0 Å². The van der Waals surface area contributed by atoms with Crippen molar-refractivity contribution >= 4 is 6.79 Å². The van der Waals surface area contributed by atoms with E-state index in [0.717, 1.165) is 0 Å². The van der Waals surface area contributed by atoms with Crippen LogP contribution in [0.2, 0.25) is 0 Å². The molecular weight excluding hydrogens is 144 g/mol. The zero-order chi connectivity index (χ0) is 6.50. The summed E-state index contributed by atoms with van der Waals surface area (Å²) >= 11 is -5.25. The average molecular weight is 148 g/mol. The number of carbonyl (C=O) groups excluding carboxylic acids is 1. The van der Waals surface area contributed by atoms with Gasteiger partial charge in [-0.05, 0) is 0 Å². The molecule has 0 atom stereocenters. The van der Waals surface area contributed by atoms with Crippen LogP contribution in [0.5, 0.6) is 0 Å². The van der Waals surface area contributed by atoms with E-state index in [0.29, 0.717) is 0 Å². The van der Waals surface area contributed by atoms with Crippen LogP contribution in [0, 0.1) is 0 Å². The van der Waals surface area contributed by atoms with Gasteiger partial charge in [0.25, 0.3) is 0 Å². The van der Waals surface area contributed by atoms with Crippen LogP contribution >= 0.6 is 0 Å². The predicted molar refractivity (Wildman–Crippen MR) is 12.9 cm³/mol. The second kappa shape index (κ2) is 3.90. The molecule has 0 rings (SSSR count). The van der Waals surface area contributed by atoms with E-state index < -0.39 is 13.6 Å². The fourth-order valence-electron chi connectivity index (χ4n) is 0. The Bertz CT molecular complexity index is 102. The molecule has 44 valence electrons. The molecule has 0 bridgehead atoms. The molecule has 5 nitrogen and oxygen atoms in total. The van der Waals surface area contributed by atoms with E-state index in [1.54, 1.807) is 0 Å². The second-order valence-electron chi connectivity index (χ2n) is 0.448. The Morgan fingerprint density at radius 3 is 1.14 bits per heavy atom. The average Bonchev–Trinajstić information content (AvgIpc) is 1.36. The van der Waals surface area contributed by atoms with E-state index in [1.165, 1.54) is 0 Å². The Hall–Kier alpha value is -0.278. The van der Waals surface area contributed by atoms with E-state index in [-0.39, 0.29) is 0 Å². The summed E-state index contributed by atoms with van der Waals surface area (Å²) in [5, 5.41) is 0. The predicted octanol–water partition coefficient (Wildman–Crippen LogP) is -1.54. The van der Waals surface area contributed by atoms with Gasteiger partial charge in [-0.1, -0.05) is 0 Å². The normalized spacial score (nSPS) is 8.86. The van der Waals surface area contributed by atoms with Crippen molar-refractivity contribution in [3.63, 3.8) is 0 Å². The fourth-order valence-corrected chi connectivity index (χ4v) is 0. The summed E-state index contributed by atoms with van der Waals surface area (Å²) in [6, 6.07) is 0. The van der Waals surface area contributed by atoms with Gasteiger partial charge in [-0.25, -0.2) is 0 Å². The maximum absolute atomic E-state index is 8.82. The third-order valence-electron chi connectivity index (χ3n) is 0. The monoisotopic (exact) mass is 148 g/mol. The Kier molecular flexibility index (Phi) is 5.50. The van der Waals surface area contributed by atoms with Gasteiger partial charge in [-0.3, -0.25) is 0 Å². The van der Waals surface area contributed by atoms with Gasteiger partial charge in [0.1, 0.15) is 6.79 Å². The van der Waals surface area contributed by atoms with Gasteiger partial charge in [0, 0.05) is 0 Å². The van der Waals surface area contributed by atoms with Crippen LogP contribution in [-0.4, -0.2) is 15.1 Å². The molecule has 0 heterocycles. The van der Waals surface area contributed by atoms with E-state index in [2.05, 4.69) is 0 Å². The zero-order valence-corrected chi connectivity index (χ0v) is 4.51. The minimum atomic E-state index is -5.25. The summed E-state index contributed by atoms with van der Waals surface area (Å²) in [6.45, 7) is 2.00.